The first kappa shape index (κ1) is 26.2. The fourth-order valence-electron chi connectivity index (χ4n) is 5.20. The van der Waals surface area contributed by atoms with Gasteiger partial charge in [0.05, 0.1) is 36.6 Å². The Morgan fingerprint density at radius 3 is 2.44 bits per heavy atom. The summed E-state index contributed by atoms with van der Waals surface area (Å²) >= 11 is 0. The van der Waals surface area contributed by atoms with E-state index < -0.39 is 16.1 Å². The maximum atomic E-state index is 13.3. The van der Waals surface area contributed by atoms with Crippen LogP contribution in [0.3, 0.4) is 0 Å². The van der Waals surface area contributed by atoms with Gasteiger partial charge in [-0.2, -0.15) is 17.8 Å². The highest BCUT2D eigenvalue weighted by molar-refractivity contribution is 7.87. The van der Waals surface area contributed by atoms with Gasteiger partial charge in [-0.25, -0.2) is 14.4 Å². The van der Waals surface area contributed by atoms with E-state index in [9.17, 15) is 13.2 Å². The first-order chi connectivity index (χ1) is 19.0. The summed E-state index contributed by atoms with van der Waals surface area (Å²) in [5, 5.41) is 5.75. The summed E-state index contributed by atoms with van der Waals surface area (Å²) in [5.74, 6) is 0.304. The number of fused-ring (bicyclic) bond motifs is 1. The molecule has 0 radical (unpaired) electrons. The van der Waals surface area contributed by atoms with Crippen LogP contribution in [0.4, 0.5) is 0 Å². The Bertz CT molecular complexity index is 1430. The first-order valence-corrected chi connectivity index (χ1v) is 15.0. The zero-order valence-electron chi connectivity index (χ0n) is 21.8. The molecule has 0 unspecified atom stereocenters. The smallest absolute Gasteiger partial charge is 0.304 e. The van der Waals surface area contributed by atoms with Gasteiger partial charge in [0.1, 0.15) is 11.4 Å². The van der Waals surface area contributed by atoms with Gasteiger partial charge in [-0.05, 0) is 43.7 Å². The van der Waals surface area contributed by atoms with E-state index in [-0.39, 0.29) is 37.9 Å². The van der Waals surface area contributed by atoms with Crippen LogP contribution in [0.25, 0.3) is 16.7 Å². The van der Waals surface area contributed by atoms with Crippen molar-refractivity contribution in [2.75, 3.05) is 46.1 Å². The number of aromatic nitrogens is 3. The van der Waals surface area contributed by atoms with Crippen LogP contribution in [0, 0.1) is 5.92 Å². The molecular formula is C27H33N5O6S. The molecule has 208 valence electrons. The molecule has 2 aromatic heterocycles. The Kier molecular flexibility index (Phi) is 7.52. The number of nitrogens with zero attached hydrogens (tertiary/aromatic N) is 4. The molecule has 2 saturated heterocycles. The molecule has 39 heavy (non-hydrogen) atoms. The number of hydrogen-bond acceptors (Lipinski definition) is 8. The lowest BCUT2D eigenvalue weighted by atomic mass is 9.82. The molecule has 12 heteroatoms. The summed E-state index contributed by atoms with van der Waals surface area (Å²) < 4.78 is 48.1. The van der Waals surface area contributed by atoms with Gasteiger partial charge in [0.15, 0.2) is 5.65 Å². The lowest BCUT2D eigenvalue weighted by molar-refractivity contribution is 0.0499. The van der Waals surface area contributed by atoms with Crippen LogP contribution in [-0.2, 0) is 19.7 Å². The average molecular weight is 556 g/mol. The topological polar surface area (TPSA) is 125 Å². The molecule has 0 spiro atoms. The number of para-hydroxylation sites is 1. The highest BCUT2D eigenvalue weighted by Crippen LogP contribution is 2.42. The van der Waals surface area contributed by atoms with Gasteiger partial charge in [-0.15, -0.1) is 0 Å². The minimum Gasteiger partial charge on any atom is -0.492 e. The minimum atomic E-state index is -4.05. The van der Waals surface area contributed by atoms with Crippen LogP contribution < -0.4 is 9.46 Å². The van der Waals surface area contributed by atoms with Gasteiger partial charge in [0, 0.05) is 38.3 Å². The molecule has 1 N–H and O–H groups in total. The maximum absolute atomic E-state index is 13.3. The quantitative estimate of drug-likeness (QED) is 0.450. The molecule has 1 amide bonds. The molecule has 6 rings (SSSR count). The molecule has 0 bridgehead atoms. The summed E-state index contributed by atoms with van der Waals surface area (Å²) in [4.78, 5) is 18.0. The summed E-state index contributed by atoms with van der Waals surface area (Å²) in [6.45, 7) is 2.79. The third kappa shape index (κ3) is 5.51. The van der Waals surface area contributed by atoms with Crippen molar-refractivity contribution in [2.45, 2.75) is 38.0 Å². The van der Waals surface area contributed by atoms with E-state index in [0.29, 0.717) is 37.1 Å². The Hall–Kier alpha value is -3.06. The predicted molar refractivity (Wildman–Crippen MR) is 143 cm³/mol. The van der Waals surface area contributed by atoms with Crippen LogP contribution in [0.5, 0.6) is 5.75 Å². The van der Waals surface area contributed by atoms with E-state index in [2.05, 4.69) is 9.71 Å². The van der Waals surface area contributed by atoms with Crippen LogP contribution in [0.1, 0.15) is 54.2 Å². The third-order valence-electron chi connectivity index (χ3n) is 7.70. The maximum Gasteiger partial charge on any atom is 0.304 e. The number of benzene rings is 1. The number of carbonyl (C=O) groups is 1. The third-order valence-corrected chi connectivity index (χ3v) is 9.19. The highest BCUT2D eigenvalue weighted by Gasteiger charge is 2.32. The molecule has 3 fully saturated rings. The van der Waals surface area contributed by atoms with Gasteiger partial charge in [-0.3, -0.25) is 4.79 Å². The lowest BCUT2D eigenvalue weighted by Crippen LogP contribution is -2.48. The monoisotopic (exact) mass is 555 g/mol. The van der Waals surface area contributed by atoms with Crippen molar-refractivity contribution < 1.29 is 27.4 Å². The Balaban J connectivity index is 1.41. The molecule has 4 heterocycles. The van der Waals surface area contributed by atoms with Crippen molar-refractivity contribution in [3.8, 4) is 11.4 Å². The summed E-state index contributed by atoms with van der Waals surface area (Å²) in [5.41, 5.74) is 2.14. The number of hydrogen-bond donors (Lipinski definition) is 1. The number of carbonyl (C=O) groups excluding carboxylic acids is 1. The fourth-order valence-corrected chi connectivity index (χ4v) is 6.29. The Labute approximate surface area is 227 Å². The van der Waals surface area contributed by atoms with Crippen LogP contribution >= 0.6 is 0 Å². The van der Waals surface area contributed by atoms with Crippen LogP contribution in [0.2, 0.25) is 0 Å². The van der Waals surface area contributed by atoms with Crippen LogP contribution in [-0.4, -0.2) is 79.5 Å². The highest BCUT2D eigenvalue weighted by atomic mass is 32.2. The van der Waals surface area contributed by atoms with E-state index in [1.165, 1.54) is 4.31 Å². The van der Waals surface area contributed by atoms with Crippen LogP contribution in [0.15, 0.2) is 36.4 Å². The van der Waals surface area contributed by atoms with E-state index in [0.717, 1.165) is 48.9 Å². The van der Waals surface area contributed by atoms with Gasteiger partial charge in [0.2, 0.25) is 0 Å². The standard InChI is InChI=1S/C27H33N5O6S/c33-27(30-39(34,35)31-11-15-37-16-12-31)22-17-23(38-18-19-9-13-36-14-10-19)24-25(20-5-4-6-20)29-32(26(24)28-22)21-7-2-1-3-8-21/h1-3,7-8,17,19-20H,4-6,9-16,18H2,(H,30,33). The van der Waals surface area contributed by atoms with Crippen molar-refractivity contribution in [3.63, 3.8) is 0 Å². The van der Waals surface area contributed by atoms with Gasteiger partial charge >= 0.3 is 10.2 Å². The molecule has 1 aliphatic carbocycles. The Morgan fingerprint density at radius 1 is 1.03 bits per heavy atom. The van der Waals surface area contributed by atoms with E-state index in [1.54, 1.807) is 10.7 Å². The Morgan fingerprint density at radius 2 is 1.74 bits per heavy atom. The molecule has 1 saturated carbocycles. The second-order valence-corrected chi connectivity index (χ2v) is 11.9. The zero-order valence-corrected chi connectivity index (χ0v) is 22.6. The number of pyridine rings is 1. The summed E-state index contributed by atoms with van der Waals surface area (Å²) in [6, 6.07) is 11.2. The molecule has 2 aliphatic heterocycles. The molecule has 11 nitrogen and oxygen atoms in total. The minimum absolute atomic E-state index is 0.0430. The van der Waals surface area contributed by atoms with Crippen molar-refractivity contribution in [2.24, 2.45) is 5.92 Å². The molecular weight excluding hydrogens is 522 g/mol. The van der Waals surface area contributed by atoms with Crippen molar-refractivity contribution >= 4 is 27.1 Å². The number of morpholine rings is 1. The summed E-state index contributed by atoms with van der Waals surface area (Å²) in [7, 11) is -4.05. The molecule has 3 aromatic rings. The number of rotatable bonds is 8. The average Bonchev–Trinajstić information content (AvgIpc) is 3.31. The first-order valence-electron chi connectivity index (χ1n) is 13.6. The lowest BCUT2D eigenvalue weighted by Gasteiger charge is -2.26. The van der Waals surface area contributed by atoms with Crippen molar-refractivity contribution in [1.29, 1.82) is 0 Å². The summed E-state index contributed by atoms with van der Waals surface area (Å²) in [6.07, 6.45) is 4.99. The van der Waals surface area contributed by atoms with Gasteiger partial charge in [-0.1, -0.05) is 24.6 Å². The van der Waals surface area contributed by atoms with Crippen molar-refractivity contribution in [1.82, 2.24) is 23.8 Å². The van der Waals surface area contributed by atoms with E-state index >= 15 is 0 Å². The zero-order chi connectivity index (χ0) is 26.8. The largest absolute Gasteiger partial charge is 0.492 e. The normalized spacial score (nSPS) is 19.6. The number of nitrogens with one attached hydrogen (secondary N) is 1. The SMILES string of the molecule is O=C(NS(=O)(=O)N1CCOCC1)c1cc(OCC2CCOCC2)c2c(C3CCC3)nn(-c3ccccc3)c2n1. The fraction of sp³-hybridized carbons (Fsp3) is 0.519. The number of amides is 1. The number of ether oxygens (including phenoxy) is 3. The molecule has 0 atom stereocenters. The van der Waals surface area contributed by atoms with E-state index in [4.69, 9.17) is 19.3 Å². The predicted octanol–water partition coefficient (Wildman–Crippen LogP) is 2.80. The molecule has 1 aromatic carbocycles. The van der Waals surface area contributed by atoms with Gasteiger partial charge in [0.25, 0.3) is 5.91 Å². The van der Waals surface area contributed by atoms with E-state index in [1.807, 2.05) is 30.3 Å². The van der Waals surface area contributed by atoms with Gasteiger partial charge < -0.3 is 14.2 Å². The molecule has 3 aliphatic rings. The van der Waals surface area contributed by atoms with Crippen molar-refractivity contribution in [3.05, 3.63) is 47.8 Å². The second-order valence-electron chi connectivity index (χ2n) is 10.3. The second kappa shape index (κ2) is 11.2.